The predicted octanol–water partition coefficient (Wildman–Crippen LogP) is 6.71. The minimum atomic E-state index is -0.757. The van der Waals surface area contributed by atoms with Gasteiger partial charge in [0.15, 0.2) is 0 Å². The summed E-state index contributed by atoms with van der Waals surface area (Å²) in [6, 6.07) is 16.1. The molecule has 0 aliphatic heterocycles. The van der Waals surface area contributed by atoms with Gasteiger partial charge in [0.2, 0.25) is 0 Å². The fourth-order valence-electron chi connectivity index (χ4n) is 5.57. The highest BCUT2D eigenvalue weighted by molar-refractivity contribution is 7.09. The lowest BCUT2D eigenvalue weighted by atomic mass is 9.73. The van der Waals surface area contributed by atoms with E-state index < -0.39 is 11.2 Å². The van der Waals surface area contributed by atoms with Crippen molar-refractivity contribution in [3.05, 3.63) is 99.4 Å². The number of allylic oxidation sites excluding steroid dienone is 2. The number of hydrogen-bond acceptors (Lipinski definition) is 5. The molecule has 6 heteroatoms. The number of fused-ring (bicyclic) bond motifs is 1. The number of ether oxygens (including phenoxy) is 2. The zero-order valence-corrected chi connectivity index (χ0v) is 22.7. The molecule has 2 aromatic carbocycles. The van der Waals surface area contributed by atoms with Crippen LogP contribution in [0.3, 0.4) is 0 Å². The topological polar surface area (TPSA) is 71.5 Å². The minimum Gasteiger partial charge on any atom is -0.486 e. The first-order valence-electron chi connectivity index (χ1n) is 12.9. The van der Waals surface area contributed by atoms with Crippen LogP contribution in [0.2, 0.25) is 0 Å². The molecule has 1 aromatic heterocycles. The molecular formula is C31H35NO4S. The highest BCUT2D eigenvalue weighted by Crippen LogP contribution is 2.46. The molecule has 5 rings (SSSR count). The summed E-state index contributed by atoms with van der Waals surface area (Å²) < 4.78 is 15.7. The second kappa shape index (κ2) is 10.1. The normalized spacial score (nSPS) is 23.1. The molecule has 2 aliphatic carbocycles. The van der Waals surface area contributed by atoms with E-state index in [1.807, 2.05) is 38.1 Å². The molecule has 194 valence electrons. The van der Waals surface area contributed by atoms with Crippen molar-refractivity contribution in [2.24, 2.45) is 0 Å². The number of H-pyrrole nitrogens is 1. The Bertz CT molecular complexity index is 1380. The summed E-state index contributed by atoms with van der Waals surface area (Å²) in [7, 11) is 0. The Balaban J connectivity index is 1.37. The van der Waals surface area contributed by atoms with Gasteiger partial charge in [0, 0.05) is 12.0 Å². The number of hydrogen-bond donors (Lipinski definition) is 2. The molecule has 0 saturated carbocycles. The van der Waals surface area contributed by atoms with Crippen LogP contribution in [0.4, 0.5) is 0 Å². The smallest absolute Gasteiger partial charge is 0.258 e. The lowest BCUT2D eigenvalue weighted by Gasteiger charge is -2.40. The SMILES string of the molecule is CC1=CC=CC(C)(OCCC(C)(C)O)C1c1cccc2c1CC[C@H]2Oc1ccc(-c2cc(=O)[nH]s2)cc1. The van der Waals surface area contributed by atoms with Gasteiger partial charge in [-0.05, 0) is 93.5 Å². The van der Waals surface area contributed by atoms with Crippen LogP contribution in [-0.4, -0.2) is 27.3 Å². The Morgan fingerprint density at radius 2 is 1.92 bits per heavy atom. The van der Waals surface area contributed by atoms with Gasteiger partial charge in [0.1, 0.15) is 11.9 Å². The Labute approximate surface area is 222 Å². The molecule has 0 spiro atoms. The van der Waals surface area contributed by atoms with Crippen LogP contribution in [0.5, 0.6) is 5.75 Å². The summed E-state index contributed by atoms with van der Waals surface area (Å²) in [5.74, 6) is 0.923. The van der Waals surface area contributed by atoms with Crippen LogP contribution >= 0.6 is 11.5 Å². The van der Waals surface area contributed by atoms with Crippen LogP contribution < -0.4 is 10.3 Å². The fraction of sp³-hybridized carbons (Fsp3) is 0.387. The van der Waals surface area contributed by atoms with E-state index in [1.54, 1.807) is 6.07 Å². The summed E-state index contributed by atoms with van der Waals surface area (Å²) in [5, 5.41) is 10.2. The molecule has 37 heavy (non-hydrogen) atoms. The number of rotatable bonds is 8. The van der Waals surface area contributed by atoms with E-state index in [-0.39, 0.29) is 17.6 Å². The number of aromatic nitrogens is 1. The van der Waals surface area contributed by atoms with Gasteiger partial charge in [-0.25, -0.2) is 0 Å². The molecule has 0 saturated heterocycles. The van der Waals surface area contributed by atoms with Gasteiger partial charge in [0.05, 0.1) is 22.7 Å². The van der Waals surface area contributed by atoms with Gasteiger partial charge >= 0.3 is 0 Å². The molecule has 1 heterocycles. The third-order valence-electron chi connectivity index (χ3n) is 7.45. The average Bonchev–Trinajstić information content (AvgIpc) is 3.45. The Morgan fingerprint density at radius 1 is 1.16 bits per heavy atom. The number of benzene rings is 2. The van der Waals surface area contributed by atoms with Crippen LogP contribution in [-0.2, 0) is 11.2 Å². The fourth-order valence-corrected chi connectivity index (χ4v) is 6.26. The zero-order chi connectivity index (χ0) is 26.2. The minimum absolute atomic E-state index is 0.00473. The Hall–Kier alpha value is -2.93. The van der Waals surface area contributed by atoms with Gasteiger partial charge in [-0.2, -0.15) is 0 Å². The molecule has 2 unspecified atom stereocenters. The van der Waals surface area contributed by atoms with Gasteiger partial charge < -0.3 is 14.6 Å². The highest BCUT2D eigenvalue weighted by Gasteiger charge is 2.40. The average molecular weight is 518 g/mol. The van der Waals surface area contributed by atoms with Gasteiger partial charge in [0.25, 0.3) is 5.56 Å². The van der Waals surface area contributed by atoms with E-state index in [9.17, 15) is 9.90 Å². The standard InChI is InChI=1S/C31H35NO4S/c1-20-7-6-16-31(4,35-18-17-30(2,3)34)29(20)25-9-5-8-24-23(25)14-15-26(24)36-22-12-10-21(11-13-22)27-19-28(33)32-37-27/h5-13,16,19,26,29,34H,14-15,17-18H2,1-4H3,(H,32,33)/t26-,29?,31?/m1/s1. The number of aliphatic hydroxyl groups is 1. The maximum atomic E-state index is 11.5. The molecule has 5 nitrogen and oxygen atoms in total. The molecule has 0 amide bonds. The monoisotopic (exact) mass is 517 g/mol. The van der Waals surface area contributed by atoms with Crippen molar-refractivity contribution in [3.8, 4) is 16.2 Å². The second-order valence-electron chi connectivity index (χ2n) is 11.0. The zero-order valence-electron chi connectivity index (χ0n) is 21.9. The summed E-state index contributed by atoms with van der Waals surface area (Å²) in [6.07, 6.45) is 8.87. The van der Waals surface area contributed by atoms with Gasteiger partial charge in [-0.1, -0.05) is 53.5 Å². The van der Waals surface area contributed by atoms with Crippen molar-refractivity contribution >= 4 is 11.5 Å². The third-order valence-corrected chi connectivity index (χ3v) is 8.32. The summed E-state index contributed by atoms with van der Waals surface area (Å²) in [6.45, 7) is 8.46. The summed E-state index contributed by atoms with van der Waals surface area (Å²) in [5.41, 5.74) is 4.85. The van der Waals surface area contributed by atoms with E-state index in [4.69, 9.17) is 9.47 Å². The first-order valence-corrected chi connectivity index (χ1v) is 13.7. The van der Waals surface area contributed by atoms with Crippen molar-refractivity contribution in [1.29, 1.82) is 0 Å². The third kappa shape index (κ3) is 5.52. The van der Waals surface area contributed by atoms with Gasteiger partial charge in [-0.15, -0.1) is 0 Å². The molecule has 0 radical (unpaired) electrons. The van der Waals surface area contributed by atoms with Crippen molar-refractivity contribution in [3.63, 3.8) is 0 Å². The lowest BCUT2D eigenvalue weighted by molar-refractivity contribution is -0.0388. The molecule has 3 aromatic rings. The first-order chi connectivity index (χ1) is 17.6. The van der Waals surface area contributed by atoms with Crippen molar-refractivity contribution < 1.29 is 14.6 Å². The van der Waals surface area contributed by atoms with Crippen LogP contribution in [0.15, 0.2) is 77.1 Å². The number of nitrogens with one attached hydrogen (secondary N) is 1. The maximum absolute atomic E-state index is 11.5. The van der Waals surface area contributed by atoms with Crippen molar-refractivity contribution in [1.82, 2.24) is 4.37 Å². The van der Waals surface area contributed by atoms with E-state index >= 15 is 0 Å². The van der Waals surface area contributed by atoms with Crippen molar-refractivity contribution in [2.45, 2.75) is 70.2 Å². The quantitative estimate of drug-likeness (QED) is 0.349. The summed E-state index contributed by atoms with van der Waals surface area (Å²) >= 11 is 1.34. The van der Waals surface area contributed by atoms with E-state index in [2.05, 4.69) is 54.6 Å². The predicted molar refractivity (Wildman–Crippen MR) is 149 cm³/mol. The summed E-state index contributed by atoms with van der Waals surface area (Å²) in [4.78, 5) is 12.4. The van der Waals surface area contributed by atoms with E-state index in [0.717, 1.165) is 29.0 Å². The Morgan fingerprint density at radius 3 is 2.62 bits per heavy atom. The molecule has 3 atom stereocenters. The molecular weight excluding hydrogens is 482 g/mol. The lowest BCUT2D eigenvalue weighted by Crippen LogP contribution is -2.38. The van der Waals surface area contributed by atoms with Gasteiger partial charge in [-0.3, -0.25) is 9.17 Å². The Kier molecular flexibility index (Phi) is 7.01. The maximum Gasteiger partial charge on any atom is 0.258 e. The van der Waals surface area contributed by atoms with Crippen LogP contribution in [0, 0.1) is 0 Å². The molecule has 0 bridgehead atoms. The molecule has 2 N–H and O–H groups in total. The van der Waals surface area contributed by atoms with Crippen LogP contribution in [0.25, 0.3) is 10.4 Å². The highest BCUT2D eigenvalue weighted by atomic mass is 32.1. The van der Waals surface area contributed by atoms with Crippen LogP contribution in [0.1, 0.15) is 69.2 Å². The van der Waals surface area contributed by atoms with E-state index in [0.29, 0.717) is 13.0 Å². The number of aromatic amines is 1. The van der Waals surface area contributed by atoms with E-state index in [1.165, 1.54) is 33.8 Å². The molecule has 0 fully saturated rings. The van der Waals surface area contributed by atoms with Crippen molar-refractivity contribution in [2.75, 3.05) is 6.61 Å². The second-order valence-corrected chi connectivity index (χ2v) is 11.8. The first kappa shape index (κ1) is 25.7. The molecule has 2 aliphatic rings. The largest absolute Gasteiger partial charge is 0.486 e.